The van der Waals surface area contributed by atoms with Crippen LogP contribution in [0.2, 0.25) is 5.02 Å². The van der Waals surface area contributed by atoms with E-state index in [1.165, 1.54) is 7.11 Å². The van der Waals surface area contributed by atoms with Gasteiger partial charge in [-0.25, -0.2) is 9.79 Å². The van der Waals surface area contributed by atoms with Gasteiger partial charge in [0.05, 0.1) is 12.1 Å². The number of benzene rings is 2. The Morgan fingerprint density at radius 2 is 2.08 bits per heavy atom. The van der Waals surface area contributed by atoms with Crippen molar-refractivity contribution in [2.45, 2.75) is 0 Å². The molecule has 0 aromatic heterocycles. The van der Waals surface area contributed by atoms with Crippen molar-refractivity contribution in [3.8, 4) is 23.8 Å². The van der Waals surface area contributed by atoms with E-state index in [0.717, 1.165) is 5.56 Å². The fourth-order valence-electron chi connectivity index (χ4n) is 2.35. The van der Waals surface area contributed by atoms with E-state index >= 15 is 0 Å². The lowest BCUT2D eigenvalue weighted by molar-refractivity contribution is -0.129. The van der Waals surface area contributed by atoms with Gasteiger partial charge in [-0.15, -0.1) is 6.42 Å². The molecule has 1 aliphatic heterocycles. The predicted octanol–water partition coefficient (Wildman–Crippen LogP) is 3.71. The molecule has 0 atom stereocenters. The largest absolute Gasteiger partial charge is 0.493 e. The van der Waals surface area contributed by atoms with E-state index in [2.05, 4.69) is 10.9 Å². The number of hydrogen-bond donors (Lipinski definition) is 0. The van der Waals surface area contributed by atoms with Crippen LogP contribution in [0.25, 0.3) is 6.08 Å². The minimum absolute atomic E-state index is 0.0631. The Morgan fingerprint density at radius 3 is 2.77 bits per heavy atom. The minimum atomic E-state index is -0.536. The number of hydrogen-bond acceptors (Lipinski definition) is 5. The lowest BCUT2D eigenvalue weighted by Crippen LogP contribution is -2.05. The molecule has 0 saturated heterocycles. The standard InChI is InChI=1S/C20H14ClNO4/c1-3-9-25-18-15(21)10-13(12-17(18)24-2)11-16-20(23)26-19(22-16)14-7-5-4-6-8-14/h1,4-8,10-12H,9H2,2H3/b16-11+. The van der Waals surface area contributed by atoms with Crippen molar-refractivity contribution < 1.29 is 19.0 Å². The van der Waals surface area contributed by atoms with Crippen LogP contribution in [0.3, 0.4) is 0 Å². The normalized spacial score (nSPS) is 14.6. The van der Waals surface area contributed by atoms with Crippen LogP contribution in [0.15, 0.2) is 53.2 Å². The molecule has 0 amide bonds. The van der Waals surface area contributed by atoms with E-state index in [4.69, 9.17) is 32.2 Å². The number of terminal acetylenes is 1. The number of nitrogens with zero attached hydrogens (tertiary/aromatic N) is 1. The molecule has 0 N–H and O–H groups in total. The maximum absolute atomic E-state index is 12.1. The van der Waals surface area contributed by atoms with Crippen molar-refractivity contribution in [1.29, 1.82) is 0 Å². The maximum Gasteiger partial charge on any atom is 0.363 e. The molecule has 0 fully saturated rings. The summed E-state index contributed by atoms with van der Waals surface area (Å²) in [6.45, 7) is 0.0631. The number of ether oxygens (including phenoxy) is 3. The first-order chi connectivity index (χ1) is 12.6. The van der Waals surface area contributed by atoms with E-state index in [1.807, 2.05) is 30.3 Å². The zero-order valence-corrected chi connectivity index (χ0v) is 14.6. The Hall–Kier alpha value is -3.23. The van der Waals surface area contributed by atoms with Crippen LogP contribution in [0, 0.1) is 12.3 Å². The molecule has 3 rings (SSSR count). The average molecular weight is 368 g/mol. The lowest BCUT2D eigenvalue weighted by Gasteiger charge is -2.11. The summed E-state index contributed by atoms with van der Waals surface area (Å²) < 4.78 is 15.9. The van der Waals surface area contributed by atoms with Crippen molar-refractivity contribution in [3.63, 3.8) is 0 Å². The highest BCUT2D eigenvalue weighted by Crippen LogP contribution is 2.37. The molecule has 0 aliphatic carbocycles. The molecule has 0 saturated carbocycles. The van der Waals surface area contributed by atoms with Crippen molar-refractivity contribution in [2.24, 2.45) is 4.99 Å². The van der Waals surface area contributed by atoms with Crippen molar-refractivity contribution in [2.75, 3.05) is 13.7 Å². The van der Waals surface area contributed by atoms with Crippen molar-refractivity contribution in [3.05, 3.63) is 64.3 Å². The summed E-state index contributed by atoms with van der Waals surface area (Å²) in [5.74, 6) is 2.84. The van der Waals surface area contributed by atoms with E-state index in [-0.39, 0.29) is 18.2 Å². The van der Waals surface area contributed by atoms with Crippen LogP contribution < -0.4 is 9.47 Å². The second-order valence-electron chi connectivity index (χ2n) is 5.23. The zero-order chi connectivity index (χ0) is 18.5. The SMILES string of the molecule is C#CCOc1c(Cl)cc(/C=C2/N=C(c3ccccc3)OC2=O)cc1OC. The summed E-state index contributed by atoms with van der Waals surface area (Å²) in [5.41, 5.74) is 1.50. The molecule has 6 heteroatoms. The third kappa shape index (κ3) is 3.71. The van der Waals surface area contributed by atoms with Gasteiger partial charge in [-0.3, -0.25) is 0 Å². The van der Waals surface area contributed by atoms with Gasteiger partial charge in [-0.1, -0.05) is 35.7 Å². The first-order valence-corrected chi connectivity index (χ1v) is 8.02. The van der Waals surface area contributed by atoms with Crippen molar-refractivity contribution >= 4 is 29.5 Å². The number of carbonyl (C=O) groups is 1. The van der Waals surface area contributed by atoms with Gasteiger partial charge in [0.15, 0.2) is 17.2 Å². The first kappa shape index (κ1) is 17.6. The second-order valence-corrected chi connectivity index (χ2v) is 5.64. The van der Waals surface area contributed by atoms with Crippen LogP contribution in [-0.2, 0) is 9.53 Å². The van der Waals surface area contributed by atoms with Gasteiger partial charge in [-0.2, -0.15) is 0 Å². The summed E-state index contributed by atoms with van der Waals surface area (Å²) in [6, 6.07) is 12.5. The Kier molecular flexibility index (Phi) is 5.26. The third-order valence-corrected chi connectivity index (χ3v) is 3.78. The fourth-order valence-corrected chi connectivity index (χ4v) is 2.62. The molecular weight excluding hydrogens is 354 g/mol. The topological polar surface area (TPSA) is 57.1 Å². The van der Waals surface area contributed by atoms with E-state index in [0.29, 0.717) is 22.1 Å². The number of aliphatic imine (C=N–C) groups is 1. The molecule has 0 unspecified atom stereocenters. The highest BCUT2D eigenvalue weighted by atomic mass is 35.5. The number of methoxy groups -OCH3 is 1. The molecule has 1 aliphatic rings. The molecule has 130 valence electrons. The number of carbonyl (C=O) groups excluding carboxylic acids is 1. The average Bonchev–Trinajstić information content (AvgIpc) is 3.02. The monoisotopic (exact) mass is 367 g/mol. The Bertz CT molecular complexity index is 942. The molecule has 1 heterocycles. The van der Waals surface area contributed by atoms with Crippen LogP contribution in [0.4, 0.5) is 0 Å². The number of rotatable bonds is 5. The summed E-state index contributed by atoms with van der Waals surface area (Å²) >= 11 is 6.24. The summed E-state index contributed by atoms with van der Waals surface area (Å²) in [4.78, 5) is 16.3. The predicted molar refractivity (Wildman–Crippen MR) is 99.4 cm³/mol. The minimum Gasteiger partial charge on any atom is -0.493 e. The fraction of sp³-hybridized carbons (Fsp3) is 0.100. The first-order valence-electron chi connectivity index (χ1n) is 7.64. The maximum atomic E-state index is 12.1. The molecule has 0 radical (unpaired) electrons. The Balaban J connectivity index is 1.94. The van der Waals surface area contributed by atoms with Gasteiger partial charge >= 0.3 is 5.97 Å². The van der Waals surface area contributed by atoms with E-state index in [1.54, 1.807) is 18.2 Å². The quantitative estimate of drug-likeness (QED) is 0.459. The van der Waals surface area contributed by atoms with Gasteiger partial charge < -0.3 is 14.2 Å². The Morgan fingerprint density at radius 1 is 1.31 bits per heavy atom. The number of halogens is 1. The second kappa shape index (κ2) is 7.77. The van der Waals surface area contributed by atoms with E-state index in [9.17, 15) is 4.79 Å². The molecule has 26 heavy (non-hydrogen) atoms. The third-order valence-electron chi connectivity index (χ3n) is 3.50. The zero-order valence-electron chi connectivity index (χ0n) is 13.9. The van der Waals surface area contributed by atoms with Crippen LogP contribution in [0.1, 0.15) is 11.1 Å². The smallest absolute Gasteiger partial charge is 0.363 e. The van der Waals surface area contributed by atoms with Crippen LogP contribution in [0.5, 0.6) is 11.5 Å². The molecule has 0 spiro atoms. The highest BCUT2D eigenvalue weighted by Gasteiger charge is 2.24. The molecular formula is C20H14ClNO4. The molecule has 0 bridgehead atoms. The van der Waals surface area contributed by atoms with Crippen LogP contribution in [-0.4, -0.2) is 25.6 Å². The summed E-state index contributed by atoms with van der Waals surface area (Å²) in [6.07, 6.45) is 6.77. The molecule has 5 nitrogen and oxygen atoms in total. The lowest BCUT2D eigenvalue weighted by atomic mass is 10.1. The number of esters is 1. The molecule has 2 aromatic carbocycles. The molecule has 2 aromatic rings. The van der Waals surface area contributed by atoms with Gasteiger partial charge in [-0.05, 0) is 35.9 Å². The summed E-state index contributed by atoms with van der Waals surface area (Å²) in [7, 11) is 1.49. The van der Waals surface area contributed by atoms with Gasteiger partial charge in [0.25, 0.3) is 0 Å². The summed E-state index contributed by atoms with van der Waals surface area (Å²) in [5, 5.41) is 0.310. The van der Waals surface area contributed by atoms with E-state index < -0.39 is 5.97 Å². The van der Waals surface area contributed by atoms with Gasteiger partial charge in [0.2, 0.25) is 5.90 Å². The number of cyclic esters (lactones) is 1. The Labute approximate surface area is 155 Å². The van der Waals surface area contributed by atoms with Crippen LogP contribution >= 0.6 is 11.6 Å². The van der Waals surface area contributed by atoms with Gasteiger partial charge in [0.1, 0.15) is 6.61 Å². The van der Waals surface area contributed by atoms with Crippen molar-refractivity contribution in [1.82, 2.24) is 0 Å². The van der Waals surface area contributed by atoms with Gasteiger partial charge in [0, 0.05) is 5.56 Å². The highest BCUT2D eigenvalue weighted by molar-refractivity contribution is 6.32.